The van der Waals surface area contributed by atoms with Crippen molar-refractivity contribution in [1.29, 1.82) is 0 Å². The number of guanidine groups is 1. The van der Waals surface area contributed by atoms with E-state index in [2.05, 4.69) is 17.6 Å². The molecular weight excluding hydrogens is 441 g/mol. The van der Waals surface area contributed by atoms with Crippen LogP contribution >= 0.6 is 24.0 Å². The van der Waals surface area contributed by atoms with E-state index in [1.54, 1.807) is 6.26 Å². The van der Waals surface area contributed by atoms with Gasteiger partial charge in [-0.3, -0.25) is 4.99 Å². The minimum absolute atomic E-state index is 0. The fourth-order valence-corrected chi connectivity index (χ4v) is 3.91. The molecule has 2 heterocycles. The molecule has 148 valence electrons. The van der Waals surface area contributed by atoms with Gasteiger partial charge in [-0.1, -0.05) is 19.8 Å². The summed E-state index contributed by atoms with van der Waals surface area (Å²) in [6, 6.07) is 3.96. The first-order valence-corrected chi connectivity index (χ1v) is 9.92. The van der Waals surface area contributed by atoms with E-state index in [0.717, 1.165) is 57.4 Å². The first kappa shape index (κ1) is 21.5. The Morgan fingerprint density at radius 1 is 1.31 bits per heavy atom. The third-order valence-corrected chi connectivity index (χ3v) is 5.81. The van der Waals surface area contributed by atoms with Gasteiger partial charge in [0, 0.05) is 38.6 Å². The molecule has 1 aromatic rings. The lowest BCUT2D eigenvalue weighted by atomic mass is 9.84. The van der Waals surface area contributed by atoms with Crippen LogP contribution in [0.15, 0.2) is 27.8 Å². The molecule has 26 heavy (non-hydrogen) atoms. The van der Waals surface area contributed by atoms with Crippen molar-refractivity contribution >= 4 is 29.9 Å². The van der Waals surface area contributed by atoms with Crippen LogP contribution in [0.25, 0.3) is 0 Å². The average molecular weight is 475 g/mol. The van der Waals surface area contributed by atoms with Crippen LogP contribution in [0.5, 0.6) is 0 Å². The zero-order valence-corrected chi connectivity index (χ0v) is 18.3. The van der Waals surface area contributed by atoms with Crippen molar-refractivity contribution in [3.63, 3.8) is 0 Å². The van der Waals surface area contributed by atoms with Crippen LogP contribution in [0.1, 0.15) is 51.2 Å². The van der Waals surface area contributed by atoms with E-state index in [1.807, 2.05) is 12.1 Å². The van der Waals surface area contributed by atoms with Gasteiger partial charge in [0.15, 0.2) is 5.96 Å². The van der Waals surface area contributed by atoms with Crippen molar-refractivity contribution in [3.05, 3.63) is 24.2 Å². The zero-order chi connectivity index (χ0) is 17.4. The van der Waals surface area contributed by atoms with E-state index in [-0.39, 0.29) is 24.0 Å². The molecule has 0 bridgehead atoms. The topological polar surface area (TPSA) is 58.8 Å². The number of ether oxygens (including phenoxy) is 1. The van der Waals surface area contributed by atoms with Gasteiger partial charge in [0.05, 0.1) is 12.9 Å². The summed E-state index contributed by atoms with van der Waals surface area (Å²) in [7, 11) is 0. The lowest BCUT2D eigenvalue weighted by Crippen LogP contribution is -2.41. The molecule has 1 aromatic heterocycles. The molecule has 1 aliphatic heterocycles. The summed E-state index contributed by atoms with van der Waals surface area (Å²) in [5.41, 5.74) is 0.423. The van der Waals surface area contributed by atoms with Crippen LogP contribution in [-0.2, 0) is 11.2 Å². The van der Waals surface area contributed by atoms with Gasteiger partial charge in [0.1, 0.15) is 5.76 Å². The van der Waals surface area contributed by atoms with E-state index in [4.69, 9.17) is 14.1 Å². The standard InChI is InChI=1S/C20H33N3O2.HI/c1-2-20(9-3-4-10-20)16-23-19(22-14-17-8-13-24-15-17)21-11-7-18-6-5-12-25-18;/h5-6,12,17H,2-4,7-11,13-16H2,1H3,(H2,21,22,23);1H. The summed E-state index contributed by atoms with van der Waals surface area (Å²) < 4.78 is 10.9. The van der Waals surface area contributed by atoms with E-state index in [9.17, 15) is 0 Å². The van der Waals surface area contributed by atoms with Crippen LogP contribution < -0.4 is 10.6 Å². The maximum absolute atomic E-state index is 5.48. The third kappa shape index (κ3) is 6.44. The maximum Gasteiger partial charge on any atom is 0.191 e. The van der Waals surface area contributed by atoms with Crippen molar-refractivity contribution in [2.75, 3.05) is 32.8 Å². The monoisotopic (exact) mass is 475 g/mol. The Kier molecular flexibility index (Phi) is 9.25. The highest BCUT2D eigenvalue weighted by Gasteiger charge is 2.31. The van der Waals surface area contributed by atoms with E-state index < -0.39 is 0 Å². The summed E-state index contributed by atoms with van der Waals surface area (Å²) in [6.45, 7) is 6.77. The van der Waals surface area contributed by atoms with Gasteiger partial charge in [-0.15, -0.1) is 24.0 Å². The average Bonchev–Trinajstić information content (AvgIpc) is 3.40. The summed E-state index contributed by atoms with van der Waals surface area (Å²) in [4.78, 5) is 4.95. The SMILES string of the molecule is CCC1(CN=C(NCCc2ccco2)NCC2CCOC2)CCCC1.I. The van der Waals surface area contributed by atoms with Gasteiger partial charge in [-0.05, 0) is 43.2 Å². The molecule has 2 N–H and O–H groups in total. The molecule has 1 unspecified atom stereocenters. The smallest absolute Gasteiger partial charge is 0.191 e. The highest BCUT2D eigenvalue weighted by Crippen LogP contribution is 2.41. The minimum Gasteiger partial charge on any atom is -0.469 e. The molecule has 1 saturated heterocycles. The third-order valence-electron chi connectivity index (χ3n) is 5.81. The predicted octanol–water partition coefficient (Wildman–Crippen LogP) is 3.98. The molecule has 6 heteroatoms. The fourth-order valence-electron chi connectivity index (χ4n) is 3.91. The Labute approximate surface area is 174 Å². The first-order chi connectivity index (χ1) is 12.3. The molecule has 1 aliphatic carbocycles. The van der Waals surface area contributed by atoms with Crippen molar-refractivity contribution in [2.45, 2.75) is 51.9 Å². The second-order valence-corrected chi connectivity index (χ2v) is 7.59. The maximum atomic E-state index is 5.48. The van der Waals surface area contributed by atoms with Gasteiger partial charge >= 0.3 is 0 Å². The highest BCUT2D eigenvalue weighted by atomic mass is 127. The Balaban J connectivity index is 0.00000243. The number of nitrogens with zero attached hydrogens (tertiary/aromatic N) is 1. The molecule has 5 nitrogen and oxygen atoms in total. The Morgan fingerprint density at radius 2 is 2.15 bits per heavy atom. The Bertz CT molecular complexity index is 521. The second-order valence-electron chi connectivity index (χ2n) is 7.59. The van der Waals surface area contributed by atoms with E-state index in [0.29, 0.717) is 11.3 Å². The quantitative estimate of drug-likeness (QED) is 0.339. The molecule has 1 saturated carbocycles. The number of nitrogens with one attached hydrogen (secondary N) is 2. The molecule has 2 fully saturated rings. The summed E-state index contributed by atoms with van der Waals surface area (Å²) >= 11 is 0. The van der Waals surface area contributed by atoms with Gasteiger partial charge in [-0.25, -0.2) is 0 Å². The molecule has 3 rings (SSSR count). The highest BCUT2D eigenvalue weighted by molar-refractivity contribution is 14.0. The van der Waals surface area contributed by atoms with Gasteiger partial charge < -0.3 is 19.8 Å². The normalized spacial score (nSPS) is 22.2. The van der Waals surface area contributed by atoms with Gasteiger partial charge in [-0.2, -0.15) is 0 Å². The number of hydrogen-bond acceptors (Lipinski definition) is 3. The largest absolute Gasteiger partial charge is 0.469 e. The number of halogens is 1. The fraction of sp³-hybridized carbons (Fsp3) is 0.750. The number of aliphatic imine (C=N–C) groups is 1. The molecule has 0 radical (unpaired) electrons. The van der Waals surface area contributed by atoms with Gasteiger partial charge in [0.25, 0.3) is 0 Å². The Hall–Kier alpha value is -0.760. The number of furan rings is 1. The zero-order valence-electron chi connectivity index (χ0n) is 16.0. The van der Waals surface area contributed by atoms with Crippen LogP contribution in [-0.4, -0.2) is 38.8 Å². The predicted molar refractivity (Wildman–Crippen MR) is 116 cm³/mol. The van der Waals surface area contributed by atoms with Crippen LogP contribution in [0.3, 0.4) is 0 Å². The summed E-state index contributed by atoms with van der Waals surface area (Å²) in [5, 5.41) is 7.02. The van der Waals surface area contributed by atoms with E-state index >= 15 is 0 Å². The molecular formula is C20H34IN3O2. The Morgan fingerprint density at radius 3 is 2.81 bits per heavy atom. The van der Waals surface area contributed by atoms with Crippen molar-refractivity contribution in [2.24, 2.45) is 16.3 Å². The second kappa shape index (κ2) is 11.2. The lowest BCUT2D eigenvalue weighted by Gasteiger charge is -2.26. The molecule has 0 spiro atoms. The van der Waals surface area contributed by atoms with Crippen molar-refractivity contribution in [3.8, 4) is 0 Å². The lowest BCUT2D eigenvalue weighted by molar-refractivity contribution is 0.186. The van der Waals surface area contributed by atoms with Crippen LogP contribution in [0.4, 0.5) is 0 Å². The number of hydrogen-bond donors (Lipinski definition) is 2. The van der Waals surface area contributed by atoms with Crippen LogP contribution in [0.2, 0.25) is 0 Å². The van der Waals surface area contributed by atoms with Gasteiger partial charge in [0.2, 0.25) is 0 Å². The molecule has 1 atom stereocenters. The molecule has 2 aliphatic rings. The molecule has 0 amide bonds. The summed E-state index contributed by atoms with van der Waals surface area (Å²) in [5.74, 6) is 2.55. The summed E-state index contributed by atoms with van der Waals surface area (Å²) in [6.07, 6.45) is 10.3. The van der Waals surface area contributed by atoms with Crippen molar-refractivity contribution < 1.29 is 9.15 Å². The number of rotatable bonds is 8. The van der Waals surface area contributed by atoms with Crippen molar-refractivity contribution in [1.82, 2.24) is 10.6 Å². The van der Waals surface area contributed by atoms with Crippen LogP contribution in [0, 0.1) is 11.3 Å². The first-order valence-electron chi connectivity index (χ1n) is 9.92. The van der Waals surface area contributed by atoms with E-state index in [1.165, 1.54) is 32.1 Å². The minimum atomic E-state index is 0. The molecule has 0 aromatic carbocycles.